The van der Waals surface area contributed by atoms with Crippen LogP contribution in [-0.4, -0.2) is 28.8 Å². The number of rotatable bonds is 6. The first kappa shape index (κ1) is 13.8. The van der Waals surface area contributed by atoms with E-state index in [1.54, 1.807) is 0 Å². The van der Waals surface area contributed by atoms with E-state index in [0.717, 1.165) is 24.6 Å². The summed E-state index contributed by atoms with van der Waals surface area (Å²) in [7, 11) is -0.641. The summed E-state index contributed by atoms with van der Waals surface area (Å²) in [4.78, 5) is 0. The van der Waals surface area contributed by atoms with Gasteiger partial charge in [-0.3, -0.25) is 4.21 Å². The quantitative estimate of drug-likeness (QED) is 0.801. The van der Waals surface area contributed by atoms with Crippen LogP contribution < -0.4 is 5.32 Å². The fourth-order valence-corrected chi connectivity index (χ4v) is 3.33. The van der Waals surface area contributed by atoms with Crippen LogP contribution in [0, 0.1) is 0 Å². The fraction of sp³-hybridized carbons (Fsp3) is 0.600. The average molecular weight is 265 g/mol. The van der Waals surface area contributed by atoms with Crippen LogP contribution in [0.5, 0.6) is 0 Å². The lowest BCUT2D eigenvalue weighted by Gasteiger charge is -2.25. The minimum Gasteiger partial charge on any atom is -0.315 e. The van der Waals surface area contributed by atoms with Gasteiger partial charge in [-0.05, 0) is 36.3 Å². The molecule has 3 heteroatoms. The van der Waals surface area contributed by atoms with Crippen molar-refractivity contribution in [1.29, 1.82) is 0 Å². The van der Waals surface area contributed by atoms with E-state index in [-0.39, 0.29) is 0 Å². The van der Waals surface area contributed by atoms with Crippen molar-refractivity contribution in [2.45, 2.75) is 32.1 Å². The Balaban J connectivity index is 1.82. The van der Waals surface area contributed by atoms with Gasteiger partial charge >= 0.3 is 0 Å². The molecule has 2 nitrogen and oxygen atoms in total. The summed E-state index contributed by atoms with van der Waals surface area (Å²) in [5.41, 5.74) is 3.04. The van der Waals surface area contributed by atoms with E-state index in [4.69, 9.17) is 0 Å². The maximum Gasteiger partial charge on any atom is 0.0359 e. The smallest absolute Gasteiger partial charge is 0.0359 e. The van der Waals surface area contributed by atoms with Gasteiger partial charge in [0, 0.05) is 35.4 Å². The molecule has 0 saturated heterocycles. The topological polar surface area (TPSA) is 29.1 Å². The highest BCUT2D eigenvalue weighted by Crippen LogP contribution is 2.30. The third-order valence-corrected chi connectivity index (χ3v) is 5.02. The first-order valence-corrected chi connectivity index (χ1v) is 8.43. The van der Waals surface area contributed by atoms with Crippen molar-refractivity contribution in [2.75, 3.05) is 24.6 Å². The van der Waals surface area contributed by atoms with Gasteiger partial charge in [-0.25, -0.2) is 0 Å². The largest absolute Gasteiger partial charge is 0.315 e. The Morgan fingerprint density at radius 1 is 1.39 bits per heavy atom. The van der Waals surface area contributed by atoms with Crippen LogP contribution in [-0.2, 0) is 17.2 Å². The summed E-state index contributed by atoms with van der Waals surface area (Å²) >= 11 is 0. The van der Waals surface area contributed by atoms with Crippen molar-refractivity contribution in [1.82, 2.24) is 5.32 Å². The molecule has 0 aliphatic heterocycles. The lowest BCUT2D eigenvalue weighted by atomic mass is 9.83. The Hall–Kier alpha value is -0.670. The molecule has 2 atom stereocenters. The van der Waals surface area contributed by atoms with Crippen LogP contribution >= 0.6 is 0 Å². The average Bonchev–Trinajstić information content (AvgIpc) is 2.43. The number of hydrogen-bond acceptors (Lipinski definition) is 2. The second kappa shape index (κ2) is 7.05. The molecule has 1 aromatic rings. The molecule has 18 heavy (non-hydrogen) atoms. The molecule has 2 rings (SSSR count). The molecule has 0 amide bonds. The maximum absolute atomic E-state index is 11.3. The number of nitrogens with one attached hydrogen (secondary N) is 1. The van der Waals surface area contributed by atoms with Crippen LogP contribution in [0.3, 0.4) is 0 Å². The second-order valence-corrected chi connectivity index (χ2v) is 6.79. The molecule has 1 aliphatic carbocycles. The van der Waals surface area contributed by atoms with Crippen LogP contribution in [0.2, 0.25) is 0 Å². The molecule has 0 radical (unpaired) electrons. The van der Waals surface area contributed by atoms with Gasteiger partial charge in [-0.1, -0.05) is 31.2 Å². The van der Waals surface area contributed by atoms with Crippen LogP contribution in [0.4, 0.5) is 0 Å². The molecule has 0 spiro atoms. The predicted molar refractivity (Wildman–Crippen MR) is 78.5 cm³/mol. The molecule has 100 valence electrons. The SMILES string of the molecule is CCS(=O)CCNCC1CCCc2ccccc21. The highest BCUT2D eigenvalue weighted by Gasteiger charge is 2.18. The minimum absolute atomic E-state index is 0.641. The Kier molecular flexibility index (Phi) is 5.39. The Morgan fingerprint density at radius 2 is 2.22 bits per heavy atom. The standard InChI is InChI=1S/C15H23NOS/c1-2-18(17)11-10-16-12-14-8-5-7-13-6-3-4-9-15(13)14/h3-4,6,9,14,16H,2,5,7-8,10-12H2,1H3. The van der Waals surface area contributed by atoms with Gasteiger partial charge in [0.25, 0.3) is 0 Å². The molecule has 1 aromatic carbocycles. The van der Waals surface area contributed by atoms with Crippen LogP contribution in [0.1, 0.15) is 36.8 Å². The Labute approximate surface area is 113 Å². The molecule has 1 aliphatic rings. The first-order chi connectivity index (χ1) is 8.81. The van der Waals surface area contributed by atoms with Gasteiger partial charge in [-0.15, -0.1) is 0 Å². The predicted octanol–water partition coefficient (Wildman–Crippen LogP) is 2.46. The van der Waals surface area contributed by atoms with E-state index >= 15 is 0 Å². The number of hydrogen-bond donors (Lipinski definition) is 1. The summed E-state index contributed by atoms with van der Waals surface area (Å²) in [5.74, 6) is 2.20. The normalized spacial score (nSPS) is 20.4. The van der Waals surface area contributed by atoms with Crippen molar-refractivity contribution in [3.63, 3.8) is 0 Å². The molecular formula is C15H23NOS. The van der Waals surface area contributed by atoms with E-state index < -0.39 is 10.8 Å². The van der Waals surface area contributed by atoms with E-state index in [2.05, 4.69) is 29.6 Å². The lowest BCUT2D eigenvalue weighted by Crippen LogP contribution is -2.27. The molecule has 1 N–H and O–H groups in total. The molecule has 0 heterocycles. The van der Waals surface area contributed by atoms with Gasteiger partial charge in [-0.2, -0.15) is 0 Å². The van der Waals surface area contributed by atoms with E-state index in [9.17, 15) is 4.21 Å². The molecule has 0 bridgehead atoms. The molecule has 0 saturated carbocycles. The monoisotopic (exact) mass is 265 g/mol. The fourth-order valence-electron chi connectivity index (χ4n) is 2.67. The highest BCUT2D eigenvalue weighted by molar-refractivity contribution is 7.84. The zero-order valence-electron chi connectivity index (χ0n) is 11.2. The maximum atomic E-state index is 11.3. The van der Waals surface area contributed by atoms with Gasteiger partial charge in [0.2, 0.25) is 0 Å². The Bertz CT molecular complexity index is 405. The van der Waals surface area contributed by atoms with Crippen molar-refractivity contribution in [3.05, 3.63) is 35.4 Å². The highest BCUT2D eigenvalue weighted by atomic mass is 32.2. The number of benzene rings is 1. The van der Waals surface area contributed by atoms with E-state index in [0.29, 0.717) is 5.92 Å². The minimum atomic E-state index is -0.641. The summed E-state index contributed by atoms with van der Waals surface area (Å²) < 4.78 is 11.3. The van der Waals surface area contributed by atoms with Gasteiger partial charge in [0.15, 0.2) is 0 Å². The van der Waals surface area contributed by atoms with E-state index in [1.807, 2.05) is 6.92 Å². The van der Waals surface area contributed by atoms with Gasteiger partial charge in [0.1, 0.15) is 0 Å². The van der Waals surface area contributed by atoms with Crippen molar-refractivity contribution < 1.29 is 4.21 Å². The third kappa shape index (κ3) is 3.66. The van der Waals surface area contributed by atoms with Gasteiger partial charge in [0.05, 0.1) is 0 Å². The van der Waals surface area contributed by atoms with Crippen molar-refractivity contribution in [3.8, 4) is 0 Å². The van der Waals surface area contributed by atoms with E-state index in [1.165, 1.54) is 30.4 Å². The van der Waals surface area contributed by atoms with Crippen LogP contribution in [0.15, 0.2) is 24.3 Å². The summed E-state index contributed by atoms with van der Waals surface area (Å²) in [6, 6.07) is 8.81. The summed E-state index contributed by atoms with van der Waals surface area (Å²) in [5, 5.41) is 3.47. The van der Waals surface area contributed by atoms with Crippen LogP contribution in [0.25, 0.3) is 0 Å². The summed E-state index contributed by atoms with van der Waals surface area (Å²) in [6.45, 7) is 3.88. The van der Waals surface area contributed by atoms with Gasteiger partial charge < -0.3 is 5.32 Å². The second-order valence-electron chi connectivity index (χ2n) is 4.92. The third-order valence-electron chi connectivity index (χ3n) is 3.71. The van der Waals surface area contributed by atoms with Crippen molar-refractivity contribution >= 4 is 10.8 Å². The summed E-state index contributed by atoms with van der Waals surface area (Å²) in [6.07, 6.45) is 3.80. The zero-order chi connectivity index (χ0) is 12.8. The first-order valence-electron chi connectivity index (χ1n) is 6.94. The number of aryl methyl sites for hydroxylation is 1. The molecule has 2 unspecified atom stereocenters. The molecule has 0 fully saturated rings. The number of fused-ring (bicyclic) bond motifs is 1. The Morgan fingerprint density at radius 3 is 3.06 bits per heavy atom. The zero-order valence-corrected chi connectivity index (χ0v) is 12.0. The lowest BCUT2D eigenvalue weighted by molar-refractivity contribution is 0.515. The molecule has 0 aromatic heterocycles. The van der Waals surface area contributed by atoms with Crippen molar-refractivity contribution in [2.24, 2.45) is 0 Å². The molecular weight excluding hydrogens is 242 g/mol.